The van der Waals surface area contributed by atoms with Gasteiger partial charge in [0, 0.05) is 18.6 Å². The third-order valence-electron chi connectivity index (χ3n) is 2.62. The van der Waals surface area contributed by atoms with Gasteiger partial charge in [0.1, 0.15) is 35.1 Å². The maximum absolute atomic E-state index is 13.5. The number of rotatable bonds is 3. The van der Waals surface area contributed by atoms with Gasteiger partial charge >= 0.3 is 0 Å². The second-order valence-electron chi connectivity index (χ2n) is 3.84. The summed E-state index contributed by atoms with van der Waals surface area (Å²) in [6, 6.07) is 4.08. The molecule has 1 atom stereocenters. The van der Waals surface area contributed by atoms with Gasteiger partial charge in [0.05, 0.1) is 5.56 Å². The summed E-state index contributed by atoms with van der Waals surface area (Å²) in [7, 11) is 0. The summed E-state index contributed by atoms with van der Waals surface area (Å²) < 4.78 is 44.9. The van der Waals surface area contributed by atoms with Crippen molar-refractivity contribution in [2.75, 3.05) is 0 Å². The first-order valence-corrected chi connectivity index (χ1v) is 5.44. The van der Waals surface area contributed by atoms with Gasteiger partial charge in [0.25, 0.3) is 0 Å². The molecule has 0 saturated heterocycles. The van der Waals surface area contributed by atoms with Gasteiger partial charge in [-0.05, 0) is 12.1 Å². The normalized spacial score (nSPS) is 12.7. The average Bonchev–Trinajstić information content (AvgIpc) is 2.75. The molecule has 5 heteroatoms. The number of furan rings is 1. The molecule has 0 bridgehead atoms. The van der Waals surface area contributed by atoms with E-state index in [1.807, 2.05) is 6.92 Å². The SMILES string of the molecule is CCc1ccc(C(O)c2c(F)cc(F)cc2F)o1. The Kier molecular flexibility index (Phi) is 3.43. The molecule has 1 N–H and O–H groups in total. The van der Waals surface area contributed by atoms with Gasteiger partial charge in [-0.15, -0.1) is 0 Å². The van der Waals surface area contributed by atoms with E-state index < -0.39 is 29.1 Å². The highest BCUT2D eigenvalue weighted by molar-refractivity contribution is 5.28. The number of aryl methyl sites for hydroxylation is 1. The number of benzene rings is 1. The minimum atomic E-state index is -1.59. The largest absolute Gasteiger partial charge is 0.463 e. The van der Waals surface area contributed by atoms with Crippen LogP contribution < -0.4 is 0 Å². The fourth-order valence-electron chi connectivity index (χ4n) is 1.69. The van der Waals surface area contributed by atoms with Crippen molar-refractivity contribution in [3.8, 4) is 0 Å². The lowest BCUT2D eigenvalue weighted by Crippen LogP contribution is -2.05. The molecule has 2 nitrogen and oxygen atoms in total. The van der Waals surface area contributed by atoms with Crippen LogP contribution in [0, 0.1) is 17.5 Å². The van der Waals surface area contributed by atoms with Crippen LogP contribution >= 0.6 is 0 Å². The quantitative estimate of drug-likeness (QED) is 0.913. The van der Waals surface area contributed by atoms with Crippen molar-refractivity contribution in [3.63, 3.8) is 0 Å². The highest BCUT2D eigenvalue weighted by Crippen LogP contribution is 2.28. The van der Waals surface area contributed by atoms with E-state index in [1.54, 1.807) is 6.07 Å². The Balaban J connectivity index is 2.42. The highest BCUT2D eigenvalue weighted by atomic mass is 19.1. The average molecular weight is 256 g/mol. The predicted molar refractivity (Wildman–Crippen MR) is 58.5 cm³/mol. The minimum absolute atomic E-state index is 0.0243. The van der Waals surface area contributed by atoms with Gasteiger partial charge in [-0.2, -0.15) is 0 Å². The van der Waals surface area contributed by atoms with E-state index >= 15 is 0 Å². The maximum atomic E-state index is 13.5. The first-order chi connectivity index (χ1) is 8.52. The molecule has 1 heterocycles. The van der Waals surface area contributed by atoms with Crippen molar-refractivity contribution in [2.24, 2.45) is 0 Å². The van der Waals surface area contributed by atoms with Crippen molar-refractivity contribution in [1.29, 1.82) is 0 Å². The van der Waals surface area contributed by atoms with E-state index in [0.717, 1.165) is 0 Å². The maximum Gasteiger partial charge on any atom is 0.142 e. The van der Waals surface area contributed by atoms with Crippen LogP contribution in [0.5, 0.6) is 0 Å². The summed E-state index contributed by atoms with van der Waals surface area (Å²) in [4.78, 5) is 0. The lowest BCUT2D eigenvalue weighted by molar-refractivity contribution is 0.177. The van der Waals surface area contributed by atoms with Crippen molar-refractivity contribution in [1.82, 2.24) is 0 Å². The lowest BCUT2D eigenvalue weighted by Gasteiger charge is -2.10. The Morgan fingerprint density at radius 1 is 1.17 bits per heavy atom. The molecule has 0 radical (unpaired) electrons. The van der Waals surface area contributed by atoms with Crippen LogP contribution in [0.2, 0.25) is 0 Å². The smallest absolute Gasteiger partial charge is 0.142 e. The molecule has 0 aliphatic rings. The molecular weight excluding hydrogens is 245 g/mol. The van der Waals surface area contributed by atoms with Crippen LogP contribution in [0.25, 0.3) is 0 Å². The Labute approximate surface area is 102 Å². The zero-order valence-electron chi connectivity index (χ0n) is 9.58. The summed E-state index contributed by atoms with van der Waals surface area (Å²) in [5, 5.41) is 9.86. The van der Waals surface area contributed by atoms with Gasteiger partial charge in [-0.3, -0.25) is 0 Å². The van der Waals surface area contributed by atoms with Crippen LogP contribution in [0.4, 0.5) is 13.2 Å². The fraction of sp³-hybridized carbons (Fsp3) is 0.231. The molecular formula is C13H11F3O2. The third kappa shape index (κ3) is 2.26. The highest BCUT2D eigenvalue weighted by Gasteiger charge is 2.23. The van der Waals surface area contributed by atoms with Crippen molar-refractivity contribution in [2.45, 2.75) is 19.4 Å². The lowest BCUT2D eigenvalue weighted by atomic mass is 10.1. The summed E-state index contributed by atoms with van der Waals surface area (Å²) in [5.41, 5.74) is -0.617. The van der Waals surface area contributed by atoms with Crippen molar-refractivity contribution < 1.29 is 22.7 Å². The molecule has 96 valence electrons. The molecule has 0 amide bonds. The van der Waals surface area contributed by atoms with E-state index in [0.29, 0.717) is 24.3 Å². The monoisotopic (exact) mass is 256 g/mol. The second kappa shape index (κ2) is 4.86. The molecule has 2 rings (SSSR count). The van der Waals surface area contributed by atoms with Crippen molar-refractivity contribution in [3.05, 3.63) is 58.8 Å². The molecule has 2 aromatic rings. The Bertz CT molecular complexity index is 540. The molecule has 0 aliphatic carbocycles. The zero-order chi connectivity index (χ0) is 13.3. The van der Waals surface area contributed by atoms with Gasteiger partial charge in [0.2, 0.25) is 0 Å². The Hall–Kier alpha value is -1.75. The first-order valence-electron chi connectivity index (χ1n) is 5.44. The standard InChI is InChI=1S/C13H11F3O2/c1-2-8-3-4-11(18-8)13(17)12-9(15)5-7(14)6-10(12)16/h3-6,13,17H,2H2,1H3. The van der Waals surface area contributed by atoms with Gasteiger partial charge in [0.15, 0.2) is 0 Å². The van der Waals surface area contributed by atoms with Gasteiger partial charge in [-0.1, -0.05) is 6.92 Å². The number of hydrogen-bond donors (Lipinski definition) is 1. The molecule has 18 heavy (non-hydrogen) atoms. The van der Waals surface area contributed by atoms with Crippen LogP contribution in [-0.2, 0) is 6.42 Å². The molecule has 0 spiro atoms. The van der Waals surface area contributed by atoms with E-state index in [4.69, 9.17) is 4.42 Å². The van der Waals surface area contributed by atoms with Crippen LogP contribution in [0.3, 0.4) is 0 Å². The molecule has 1 aromatic carbocycles. The van der Waals surface area contributed by atoms with E-state index in [-0.39, 0.29) is 5.76 Å². The predicted octanol–water partition coefficient (Wildman–Crippen LogP) is 3.34. The van der Waals surface area contributed by atoms with Gasteiger partial charge < -0.3 is 9.52 Å². The molecule has 1 aromatic heterocycles. The second-order valence-corrected chi connectivity index (χ2v) is 3.84. The Morgan fingerprint density at radius 3 is 2.28 bits per heavy atom. The Morgan fingerprint density at radius 2 is 1.78 bits per heavy atom. The number of aliphatic hydroxyl groups excluding tert-OH is 1. The third-order valence-corrected chi connectivity index (χ3v) is 2.62. The molecule has 0 fully saturated rings. The van der Waals surface area contributed by atoms with E-state index in [1.165, 1.54) is 6.07 Å². The number of aliphatic hydroxyl groups is 1. The van der Waals surface area contributed by atoms with Crippen LogP contribution in [0.15, 0.2) is 28.7 Å². The van der Waals surface area contributed by atoms with Gasteiger partial charge in [-0.25, -0.2) is 13.2 Å². The first kappa shape index (κ1) is 12.7. The zero-order valence-corrected chi connectivity index (χ0v) is 9.58. The van der Waals surface area contributed by atoms with E-state index in [2.05, 4.69) is 0 Å². The molecule has 1 unspecified atom stereocenters. The topological polar surface area (TPSA) is 33.4 Å². The minimum Gasteiger partial charge on any atom is -0.463 e. The summed E-state index contributed by atoms with van der Waals surface area (Å²) in [6.45, 7) is 1.84. The van der Waals surface area contributed by atoms with Crippen LogP contribution in [-0.4, -0.2) is 5.11 Å². The van der Waals surface area contributed by atoms with Crippen LogP contribution in [0.1, 0.15) is 30.1 Å². The number of halogens is 3. The van der Waals surface area contributed by atoms with E-state index in [9.17, 15) is 18.3 Å². The summed E-state index contributed by atoms with van der Waals surface area (Å²) >= 11 is 0. The summed E-state index contributed by atoms with van der Waals surface area (Å²) in [5.74, 6) is -2.71. The molecule has 0 aliphatic heterocycles. The van der Waals surface area contributed by atoms with Crippen molar-refractivity contribution >= 4 is 0 Å². The number of hydrogen-bond acceptors (Lipinski definition) is 2. The molecule has 0 saturated carbocycles. The fourth-order valence-corrected chi connectivity index (χ4v) is 1.69. The summed E-state index contributed by atoms with van der Waals surface area (Å²) in [6.07, 6.45) is -0.993.